The summed E-state index contributed by atoms with van der Waals surface area (Å²) in [4.78, 5) is 0. The van der Waals surface area contributed by atoms with Crippen molar-refractivity contribution < 1.29 is 0 Å². The van der Waals surface area contributed by atoms with Gasteiger partial charge in [-0.2, -0.15) is 0 Å². The third kappa shape index (κ3) is 7.48. The van der Waals surface area contributed by atoms with E-state index >= 15 is 0 Å². The molecule has 0 amide bonds. The van der Waals surface area contributed by atoms with E-state index in [1.165, 1.54) is 12.8 Å². The largest absolute Gasteiger partial charge is 0.0991 e. The average Bonchev–Trinajstić information content (AvgIpc) is 1.80. The second-order valence-corrected chi connectivity index (χ2v) is 2.64. The van der Waals surface area contributed by atoms with Crippen LogP contribution in [0.5, 0.6) is 0 Å². The Kier molecular flexibility index (Phi) is 5.29. The van der Waals surface area contributed by atoms with Gasteiger partial charge in [-0.3, -0.25) is 0 Å². The van der Waals surface area contributed by atoms with E-state index in [9.17, 15) is 0 Å². The van der Waals surface area contributed by atoms with Crippen LogP contribution in [0.15, 0.2) is 24.8 Å². The normalized spacial score (nSPS) is 11.0. The van der Waals surface area contributed by atoms with Crippen molar-refractivity contribution in [2.45, 2.75) is 26.7 Å². The van der Waals surface area contributed by atoms with E-state index in [0.717, 1.165) is 5.92 Å². The Hall–Kier alpha value is -0.520. The molecule has 9 heavy (non-hydrogen) atoms. The highest BCUT2D eigenvalue weighted by atomic mass is 13.9. The van der Waals surface area contributed by atoms with Crippen molar-refractivity contribution in [2.24, 2.45) is 5.92 Å². The Morgan fingerprint density at radius 1 is 1.44 bits per heavy atom. The van der Waals surface area contributed by atoms with Crippen LogP contribution in [0, 0.1) is 5.92 Å². The Bertz CT molecular complexity index is 88.2. The van der Waals surface area contributed by atoms with Gasteiger partial charge in [-0.1, -0.05) is 38.7 Å². The summed E-state index contributed by atoms with van der Waals surface area (Å²) in [7, 11) is 0. The molecule has 0 aromatic heterocycles. The van der Waals surface area contributed by atoms with E-state index in [0.29, 0.717) is 0 Å². The average molecular weight is 124 g/mol. The van der Waals surface area contributed by atoms with Crippen molar-refractivity contribution in [1.29, 1.82) is 0 Å². The van der Waals surface area contributed by atoms with Gasteiger partial charge < -0.3 is 0 Å². The Morgan fingerprint density at radius 3 is 2.56 bits per heavy atom. The molecule has 0 radical (unpaired) electrons. The van der Waals surface area contributed by atoms with E-state index in [2.05, 4.69) is 26.5 Å². The SMILES string of the molecule is C=C/C=C\CCC(C)C. The molecule has 0 bridgehead atoms. The fourth-order valence-electron chi connectivity index (χ4n) is 0.622. The molecule has 0 aliphatic heterocycles. The van der Waals surface area contributed by atoms with Gasteiger partial charge in [0.05, 0.1) is 0 Å². The summed E-state index contributed by atoms with van der Waals surface area (Å²) in [6, 6.07) is 0. The molecular formula is C9H16. The monoisotopic (exact) mass is 124 g/mol. The molecule has 0 nitrogen and oxygen atoms in total. The van der Waals surface area contributed by atoms with Crippen LogP contribution in [0.4, 0.5) is 0 Å². The van der Waals surface area contributed by atoms with Crippen LogP contribution in [-0.2, 0) is 0 Å². The molecule has 0 N–H and O–H groups in total. The minimum atomic E-state index is 0.819. The molecular weight excluding hydrogens is 108 g/mol. The lowest BCUT2D eigenvalue weighted by molar-refractivity contribution is 0.594. The summed E-state index contributed by atoms with van der Waals surface area (Å²) in [6.45, 7) is 8.07. The van der Waals surface area contributed by atoms with E-state index in [4.69, 9.17) is 0 Å². The van der Waals surface area contributed by atoms with Crippen LogP contribution in [0.2, 0.25) is 0 Å². The third-order valence-electron chi connectivity index (χ3n) is 1.18. The van der Waals surface area contributed by atoms with Crippen molar-refractivity contribution in [2.75, 3.05) is 0 Å². The Balaban J connectivity index is 3.08. The third-order valence-corrected chi connectivity index (χ3v) is 1.18. The molecule has 0 saturated heterocycles. The van der Waals surface area contributed by atoms with Gasteiger partial charge in [0.2, 0.25) is 0 Å². The zero-order valence-electron chi connectivity index (χ0n) is 6.43. The van der Waals surface area contributed by atoms with Crippen molar-refractivity contribution >= 4 is 0 Å². The summed E-state index contributed by atoms with van der Waals surface area (Å²) in [5, 5.41) is 0. The zero-order chi connectivity index (χ0) is 7.11. The topological polar surface area (TPSA) is 0 Å². The Morgan fingerprint density at radius 2 is 2.11 bits per heavy atom. The van der Waals surface area contributed by atoms with Crippen LogP contribution in [0.1, 0.15) is 26.7 Å². The molecule has 0 unspecified atom stereocenters. The Labute approximate surface area is 58.3 Å². The second-order valence-electron chi connectivity index (χ2n) is 2.64. The fraction of sp³-hybridized carbons (Fsp3) is 0.556. The number of allylic oxidation sites excluding steroid dienone is 3. The highest BCUT2D eigenvalue weighted by molar-refractivity contribution is 4.96. The molecule has 0 atom stereocenters. The first-order valence-electron chi connectivity index (χ1n) is 3.55. The molecule has 0 aromatic carbocycles. The van der Waals surface area contributed by atoms with Gasteiger partial charge in [0.15, 0.2) is 0 Å². The van der Waals surface area contributed by atoms with Gasteiger partial charge in [0.1, 0.15) is 0 Å². The van der Waals surface area contributed by atoms with Crippen molar-refractivity contribution in [3.05, 3.63) is 24.8 Å². The highest BCUT2D eigenvalue weighted by Crippen LogP contribution is 2.03. The van der Waals surface area contributed by atoms with Crippen molar-refractivity contribution in [3.63, 3.8) is 0 Å². The molecule has 52 valence electrons. The first kappa shape index (κ1) is 8.48. The van der Waals surface area contributed by atoms with Gasteiger partial charge in [-0.25, -0.2) is 0 Å². The lowest BCUT2D eigenvalue weighted by atomic mass is 10.1. The highest BCUT2D eigenvalue weighted by Gasteiger charge is 1.87. The molecule has 0 rings (SSSR count). The fourth-order valence-corrected chi connectivity index (χ4v) is 0.622. The molecule has 0 fully saturated rings. The molecule has 0 aliphatic rings. The summed E-state index contributed by atoms with van der Waals surface area (Å²) < 4.78 is 0. The lowest BCUT2D eigenvalue weighted by Gasteiger charge is -1.97. The maximum absolute atomic E-state index is 3.59. The molecule has 0 aromatic rings. The molecule has 0 heteroatoms. The predicted molar refractivity (Wildman–Crippen MR) is 43.4 cm³/mol. The minimum Gasteiger partial charge on any atom is -0.0991 e. The maximum Gasteiger partial charge on any atom is -0.0345 e. The number of hydrogen-bond donors (Lipinski definition) is 0. The van der Waals surface area contributed by atoms with Crippen molar-refractivity contribution in [1.82, 2.24) is 0 Å². The molecule has 0 saturated carbocycles. The molecule has 0 heterocycles. The maximum atomic E-state index is 3.59. The van der Waals surface area contributed by atoms with Gasteiger partial charge in [-0.15, -0.1) is 0 Å². The van der Waals surface area contributed by atoms with Gasteiger partial charge in [0.25, 0.3) is 0 Å². The zero-order valence-corrected chi connectivity index (χ0v) is 6.43. The van der Waals surface area contributed by atoms with Crippen LogP contribution < -0.4 is 0 Å². The lowest BCUT2D eigenvalue weighted by Crippen LogP contribution is -1.83. The van der Waals surface area contributed by atoms with Gasteiger partial charge in [0, 0.05) is 0 Å². The summed E-state index contributed by atoms with van der Waals surface area (Å²) >= 11 is 0. The van der Waals surface area contributed by atoms with E-state index in [1.807, 2.05) is 12.2 Å². The molecule has 0 aliphatic carbocycles. The number of rotatable bonds is 4. The summed E-state index contributed by atoms with van der Waals surface area (Å²) in [6.07, 6.45) is 8.45. The number of hydrogen-bond acceptors (Lipinski definition) is 0. The van der Waals surface area contributed by atoms with Crippen LogP contribution in [0.25, 0.3) is 0 Å². The van der Waals surface area contributed by atoms with Crippen LogP contribution in [0.3, 0.4) is 0 Å². The van der Waals surface area contributed by atoms with E-state index in [1.54, 1.807) is 0 Å². The smallest absolute Gasteiger partial charge is 0.0345 e. The molecule has 0 spiro atoms. The van der Waals surface area contributed by atoms with Gasteiger partial charge >= 0.3 is 0 Å². The van der Waals surface area contributed by atoms with Crippen LogP contribution >= 0.6 is 0 Å². The van der Waals surface area contributed by atoms with Crippen molar-refractivity contribution in [3.8, 4) is 0 Å². The van der Waals surface area contributed by atoms with Gasteiger partial charge in [-0.05, 0) is 18.8 Å². The van der Waals surface area contributed by atoms with Crippen LogP contribution in [-0.4, -0.2) is 0 Å². The van der Waals surface area contributed by atoms with E-state index < -0.39 is 0 Å². The summed E-state index contributed by atoms with van der Waals surface area (Å²) in [5.74, 6) is 0.819. The van der Waals surface area contributed by atoms with E-state index in [-0.39, 0.29) is 0 Å². The quantitative estimate of drug-likeness (QED) is 0.505. The second kappa shape index (κ2) is 5.61. The summed E-state index contributed by atoms with van der Waals surface area (Å²) in [5.41, 5.74) is 0. The minimum absolute atomic E-state index is 0.819. The standard InChI is InChI=1S/C9H16/c1-4-5-6-7-8-9(2)3/h4-6,9H,1,7-8H2,2-3H3/b6-5-. The predicted octanol–water partition coefficient (Wildman–Crippen LogP) is 3.16. The first-order valence-corrected chi connectivity index (χ1v) is 3.55. The first-order chi connectivity index (χ1) is 4.27.